The van der Waals surface area contributed by atoms with Crippen LogP contribution in [-0.2, 0) is 10.1 Å². The molecule has 0 aromatic carbocycles. The van der Waals surface area contributed by atoms with Crippen LogP contribution in [0, 0.1) is 0 Å². The summed E-state index contributed by atoms with van der Waals surface area (Å²) in [4.78, 5) is 0. The maximum Gasteiger partial charge on any atom is 0.281 e. The molecule has 0 aliphatic carbocycles. The summed E-state index contributed by atoms with van der Waals surface area (Å²) in [5.74, 6) is 0. The average Bonchev–Trinajstić information content (AvgIpc) is 1.64. The van der Waals surface area contributed by atoms with E-state index in [1.54, 1.807) is 6.92 Å². The van der Waals surface area contributed by atoms with Gasteiger partial charge in [-0.2, -0.15) is 8.42 Å². The Labute approximate surface area is 71.9 Å². The molecular weight excluding hydrogens is 199 g/mol. The molecule has 1 unspecified atom stereocenters. The van der Waals surface area contributed by atoms with Gasteiger partial charge in [0, 0.05) is 0 Å². The largest absolute Gasteiger partial charge is 0.284 e. The van der Waals surface area contributed by atoms with Crippen LogP contribution in [0.15, 0.2) is 0 Å². The fourth-order valence-corrected chi connectivity index (χ4v) is 1.13. The number of halogens is 2. The van der Waals surface area contributed by atoms with Crippen LogP contribution in [0.25, 0.3) is 0 Å². The van der Waals surface area contributed by atoms with Crippen molar-refractivity contribution in [3.05, 3.63) is 0 Å². The number of rotatable bonds is 3. The van der Waals surface area contributed by atoms with Gasteiger partial charge in [-0.25, -0.2) is 0 Å². The first kappa shape index (κ1) is 13.1. The van der Waals surface area contributed by atoms with Crippen LogP contribution in [0.1, 0.15) is 19.8 Å². The maximum atomic E-state index is 10.1. The smallest absolute Gasteiger partial charge is 0.281 e. The molecule has 0 heterocycles. The molecule has 0 aliphatic rings. The lowest BCUT2D eigenvalue weighted by Crippen LogP contribution is -2.12. The summed E-state index contributed by atoms with van der Waals surface area (Å²) >= 11 is 5.22. The summed E-state index contributed by atoms with van der Waals surface area (Å²) in [6.45, 7) is 1.79. The molecule has 0 fully saturated rings. The Kier molecular flexibility index (Phi) is 6.79. The molecule has 0 aliphatic heterocycles. The molecule has 1 atom stereocenters. The SMILES string of the molecule is CCCC(Cl)S(=O)(=O)O.Cl. The van der Waals surface area contributed by atoms with E-state index in [0.717, 1.165) is 0 Å². The van der Waals surface area contributed by atoms with E-state index in [9.17, 15) is 8.42 Å². The molecule has 10 heavy (non-hydrogen) atoms. The van der Waals surface area contributed by atoms with E-state index in [1.165, 1.54) is 0 Å². The molecule has 3 nitrogen and oxygen atoms in total. The lowest BCUT2D eigenvalue weighted by atomic mass is 10.4. The van der Waals surface area contributed by atoms with Crippen molar-refractivity contribution in [2.24, 2.45) is 0 Å². The highest BCUT2D eigenvalue weighted by Crippen LogP contribution is 2.10. The van der Waals surface area contributed by atoms with Gasteiger partial charge in [-0.05, 0) is 6.42 Å². The fraction of sp³-hybridized carbons (Fsp3) is 1.00. The second kappa shape index (κ2) is 5.18. The zero-order valence-electron chi connectivity index (χ0n) is 5.45. The van der Waals surface area contributed by atoms with E-state index in [0.29, 0.717) is 12.8 Å². The fourth-order valence-electron chi connectivity index (χ4n) is 0.376. The summed E-state index contributed by atoms with van der Waals surface area (Å²) in [5.41, 5.74) is 0. The Morgan fingerprint density at radius 2 is 2.00 bits per heavy atom. The molecular formula is C4H10Cl2O3S. The van der Waals surface area contributed by atoms with Crippen molar-refractivity contribution < 1.29 is 13.0 Å². The van der Waals surface area contributed by atoms with Crippen LogP contribution in [-0.4, -0.2) is 17.7 Å². The van der Waals surface area contributed by atoms with Gasteiger partial charge in [0.25, 0.3) is 10.1 Å². The molecule has 0 spiro atoms. The summed E-state index contributed by atoms with van der Waals surface area (Å²) in [5, 5.41) is 0. The standard InChI is InChI=1S/C4H9ClO3S.ClH/c1-2-3-4(5)9(6,7)8;/h4H,2-3H2,1H3,(H,6,7,8);1H. The molecule has 0 saturated heterocycles. The highest BCUT2D eigenvalue weighted by Gasteiger charge is 2.17. The molecule has 0 rings (SSSR count). The van der Waals surface area contributed by atoms with Crippen LogP contribution in [0.3, 0.4) is 0 Å². The number of hydrogen-bond donors (Lipinski definition) is 1. The van der Waals surface area contributed by atoms with Crippen molar-refractivity contribution in [2.75, 3.05) is 0 Å². The molecule has 0 amide bonds. The van der Waals surface area contributed by atoms with Crippen molar-refractivity contribution in [1.82, 2.24) is 0 Å². The minimum atomic E-state index is -4.00. The molecule has 0 aromatic rings. The Bertz CT molecular complexity index is 165. The van der Waals surface area contributed by atoms with E-state index >= 15 is 0 Å². The van der Waals surface area contributed by atoms with Crippen LogP contribution in [0.5, 0.6) is 0 Å². The third-order valence-electron chi connectivity index (χ3n) is 0.839. The van der Waals surface area contributed by atoms with Crippen LogP contribution >= 0.6 is 24.0 Å². The van der Waals surface area contributed by atoms with Crippen molar-refractivity contribution in [3.8, 4) is 0 Å². The first-order valence-electron chi connectivity index (χ1n) is 2.59. The Morgan fingerprint density at radius 1 is 1.60 bits per heavy atom. The summed E-state index contributed by atoms with van der Waals surface area (Å²) < 4.78 is 27.4. The second-order valence-corrected chi connectivity index (χ2v) is 4.10. The number of alkyl halides is 1. The van der Waals surface area contributed by atoms with Gasteiger partial charge in [-0.15, -0.1) is 24.0 Å². The van der Waals surface area contributed by atoms with Crippen LogP contribution < -0.4 is 0 Å². The van der Waals surface area contributed by atoms with E-state index in [2.05, 4.69) is 0 Å². The predicted octanol–water partition coefficient (Wildman–Crippen LogP) is 1.66. The molecule has 0 radical (unpaired) electrons. The van der Waals surface area contributed by atoms with Crippen molar-refractivity contribution in [2.45, 2.75) is 24.5 Å². The van der Waals surface area contributed by atoms with Crippen LogP contribution in [0.2, 0.25) is 0 Å². The van der Waals surface area contributed by atoms with Crippen LogP contribution in [0.4, 0.5) is 0 Å². The van der Waals surface area contributed by atoms with Gasteiger partial charge in [0.2, 0.25) is 0 Å². The normalized spacial score (nSPS) is 13.9. The second-order valence-electron chi connectivity index (χ2n) is 1.71. The third kappa shape index (κ3) is 5.29. The third-order valence-corrected chi connectivity index (χ3v) is 2.61. The molecule has 1 N–H and O–H groups in total. The Morgan fingerprint density at radius 3 is 2.10 bits per heavy atom. The van der Waals surface area contributed by atoms with Gasteiger partial charge < -0.3 is 0 Å². The molecule has 0 saturated carbocycles. The maximum absolute atomic E-state index is 10.1. The molecule has 64 valence electrons. The first-order valence-corrected chi connectivity index (χ1v) is 4.52. The van der Waals surface area contributed by atoms with E-state index in [1.807, 2.05) is 0 Å². The summed E-state index contributed by atoms with van der Waals surface area (Å²) in [6.07, 6.45) is 0.939. The minimum Gasteiger partial charge on any atom is -0.284 e. The highest BCUT2D eigenvalue weighted by atomic mass is 35.5. The summed E-state index contributed by atoms with van der Waals surface area (Å²) in [7, 11) is -4.00. The van der Waals surface area contributed by atoms with Crippen molar-refractivity contribution in [1.29, 1.82) is 0 Å². The number of hydrogen-bond acceptors (Lipinski definition) is 2. The van der Waals surface area contributed by atoms with Gasteiger partial charge in [0.1, 0.15) is 0 Å². The highest BCUT2D eigenvalue weighted by molar-refractivity contribution is 7.87. The average molecular weight is 209 g/mol. The van der Waals surface area contributed by atoms with E-state index in [-0.39, 0.29) is 12.4 Å². The van der Waals surface area contributed by atoms with Crippen molar-refractivity contribution >= 4 is 34.1 Å². The first-order chi connectivity index (χ1) is 3.98. The minimum absolute atomic E-state index is 0. The van der Waals surface area contributed by atoms with E-state index in [4.69, 9.17) is 16.2 Å². The molecule has 6 heteroatoms. The van der Waals surface area contributed by atoms with Gasteiger partial charge >= 0.3 is 0 Å². The zero-order valence-corrected chi connectivity index (χ0v) is 7.84. The Balaban J connectivity index is 0. The van der Waals surface area contributed by atoms with Crippen molar-refractivity contribution in [3.63, 3.8) is 0 Å². The van der Waals surface area contributed by atoms with Gasteiger partial charge in [0.15, 0.2) is 4.71 Å². The lowest BCUT2D eigenvalue weighted by molar-refractivity contribution is 0.476. The molecule has 0 aromatic heterocycles. The monoisotopic (exact) mass is 208 g/mol. The van der Waals surface area contributed by atoms with E-state index < -0.39 is 14.8 Å². The lowest BCUT2D eigenvalue weighted by Gasteiger charge is -2.01. The Hall–Kier alpha value is 0.490. The topological polar surface area (TPSA) is 54.4 Å². The van der Waals surface area contributed by atoms with Gasteiger partial charge in [-0.1, -0.05) is 13.3 Å². The predicted molar refractivity (Wildman–Crippen MR) is 43.3 cm³/mol. The van der Waals surface area contributed by atoms with Gasteiger partial charge in [0.05, 0.1) is 0 Å². The summed E-state index contributed by atoms with van der Waals surface area (Å²) in [6, 6.07) is 0. The zero-order chi connectivity index (χ0) is 7.49. The van der Waals surface area contributed by atoms with Gasteiger partial charge in [-0.3, -0.25) is 4.55 Å². The quantitative estimate of drug-likeness (QED) is 0.568. The molecule has 0 bridgehead atoms.